The van der Waals surface area contributed by atoms with E-state index in [1.54, 1.807) is 67.7 Å². The zero-order chi connectivity index (χ0) is 26.9. The third-order valence-corrected chi connectivity index (χ3v) is 6.39. The number of benzene rings is 4. The standard InChI is InChI=1S/C31H29ClN2O4/c1-37-27-16-8-23(9-17-27)21-34(29(35)20-22-6-4-3-5-7-22)30(24-10-12-25(32)13-11-24)31(36)33-26-14-18-28(38-2)19-15-26/h3-19,30H,20-21H2,1-2H3,(H,33,36). The molecule has 0 heterocycles. The first kappa shape index (κ1) is 26.8. The quantitative estimate of drug-likeness (QED) is 0.262. The Hall–Kier alpha value is -4.29. The summed E-state index contributed by atoms with van der Waals surface area (Å²) in [6.45, 7) is 0.221. The lowest BCUT2D eigenvalue weighted by Crippen LogP contribution is -2.41. The molecule has 4 rings (SSSR count). The lowest BCUT2D eigenvalue weighted by atomic mass is 10.0. The molecule has 194 valence electrons. The van der Waals surface area contributed by atoms with Crippen LogP contribution in [0.4, 0.5) is 5.69 Å². The highest BCUT2D eigenvalue weighted by Gasteiger charge is 2.32. The summed E-state index contributed by atoms with van der Waals surface area (Å²) in [7, 11) is 3.18. The second kappa shape index (κ2) is 12.8. The van der Waals surface area contributed by atoms with Crippen LogP contribution in [-0.2, 0) is 22.6 Å². The number of nitrogens with one attached hydrogen (secondary N) is 1. The molecule has 4 aromatic rings. The molecule has 1 N–H and O–H groups in total. The number of carbonyl (C=O) groups is 2. The van der Waals surface area contributed by atoms with E-state index in [9.17, 15) is 9.59 Å². The van der Waals surface area contributed by atoms with Gasteiger partial charge in [-0.2, -0.15) is 0 Å². The minimum atomic E-state index is -0.910. The van der Waals surface area contributed by atoms with Crippen molar-refractivity contribution < 1.29 is 19.1 Å². The van der Waals surface area contributed by atoms with E-state index in [1.165, 1.54) is 0 Å². The molecule has 0 spiro atoms. The van der Waals surface area contributed by atoms with Crippen LogP contribution < -0.4 is 14.8 Å². The van der Waals surface area contributed by atoms with Gasteiger partial charge in [0, 0.05) is 17.3 Å². The molecular weight excluding hydrogens is 500 g/mol. The lowest BCUT2D eigenvalue weighted by molar-refractivity contribution is -0.139. The maximum Gasteiger partial charge on any atom is 0.251 e. The molecule has 0 aromatic heterocycles. The van der Waals surface area contributed by atoms with Crippen molar-refractivity contribution in [2.45, 2.75) is 19.0 Å². The maximum absolute atomic E-state index is 13.9. The van der Waals surface area contributed by atoms with Crippen LogP contribution in [-0.4, -0.2) is 30.9 Å². The zero-order valence-corrected chi connectivity index (χ0v) is 22.0. The minimum Gasteiger partial charge on any atom is -0.497 e. The number of ether oxygens (including phenoxy) is 2. The third-order valence-electron chi connectivity index (χ3n) is 6.13. The molecule has 0 saturated carbocycles. The number of rotatable bonds is 10. The Bertz CT molecular complexity index is 1340. The molecular formula is C31H29ClN2O4. The van der Waals surface area contributed by atoms with E-state index in [2.05, 4.69) is 5.32 Å². The van der Waals surface area contributed by atoms with Crippen molar-refractivity contribution >= 4 is 29.1 Å². The van der Waals surface area contributed by atoms with Gasteiger partial charge in [0.15, 0.2) is 0 Å². The summed E-state index contributed by atoms with van der Waals surface area (Å²) in [6, 6.07) is 30.1. The van der Waals surface area contributed by atoms with E-state index in [-0.39, 0.29) is 24.8 Å². The van der Waals surface area contributed by atoms with E-state index in [1.807, 2.05) is 54.6 Å². The topological polar surface area (TPSA) is 67.9 Å². The highest BCUT2D eigenvalue weighted by atomic mass is 35.5. The molecule has 6 nitrogen and oxygen atoms in total. The molecule has 7 heteroatoms. The van der Waals surface area contributed by atoms with Gasteiger partial charge in [0.1, 0.15) is 17.5 Å². The van der Waals surface area contributed by atoms with Crippen LogP contribution in [0.3, 0.4) is 0 Å². The van der Waals surface area contributed by atoms with Crippen molar-refractivity contribution in [3.8, 4) is 11.5 Å². The van der Waals surface area contributed by atoms with Gasteiger partial charge in [0.05, 0.1) is 20.6 Å². The first-order valence-corrected chi connectivity index (χ1v) is 12.5. The maximum atomic E-state index is 13.9. The van der Waals surface area contributed by atoms with Crippen LogP contribution in [0.15, 0.2) is 103 Å². The number of hydrogen-bond donors (Lipinski definition) is 1. The number of halogens is 1. The predicted molar refractivity (Wildman–Crippen MR) is 150 cm³/mol. The summed E-state index contributed by atoms with van der Waals surface area (Å²) in [5.41, 5.74) is 2.97. The van der Waals surface area contributed by atoms with Gasteiger partial charge in [-0.25, -0.2) is 0 Å². The average Bonchev–Trinajstić information content (AvgIpc) is 2.95. The van der Waals surface area contributed by atoms with Crippen molar-refractivity contribution in [2.75, 3.05) is 19.5 Å². The van der Waals surface area contributed by atoms with Gasteiger partial charge >= 0.3 is 0 Å². The first-order valence-electron chi connectivity index (χ1n) is 12.1. The largest absolute Gasteiger partial charge is 0.497 e. The van der Waals surface area contributed by atoms with E-state index in [0.717, 1.165) is 11.1 Å². The number of amides is 2. The molecule has 0 aliphatic heterocycles. The van der Waals surface area contributed by atoms with E-state index in [0.29, 0.717) is 27.8 Å². The number of methoxy groups -OCH3 is 2. The van der Waals surface area contributed by atoms with Crippen LogP contribution in [0.1, 0.15) is 22.7 Å². The van der Waals surface area contributed by atoms with Crippen LogP contribution >= 0.6 is 11.6 Å². The van der Waals surface area contributed by atoms with Crippen molar-refractivity contribution in [1.29, 1.82) is 0 Å². The van der Waals surface area contributed by atoms with Gasteiger partial charge in [0.25, 0.3) is 5.91 Å². The third kappa shape index (κ3) is 6.93. The summed E-state index contributed by atoms with van der Waals surface area (Å²) < 4.78 is 10.5. The van der Waals surface area contributed by atoms with Gasteiger partial charge < -0.3 is 19.7 Å². The molecule has 0 fully saturated rings. The van der Waals surface area contributed by atoms with E-state index in [4.69, 9.17) is 21.1 Å². The molecule has 1 atom stereocenters. The fraction of sp³-hybridized carbons (Fsp3) is 0.161. The average molecular weight is 529 g/mol. The Balaban J connectivity index is 1.72. The number of hydrogen-bond acceptors (Lipinski definition) is 4. The van der Waals surface area contributed by atoms with Crippen molar-refractivity contribution in [1.82, 2.24) is 4.90 Å². The molecule has 2 amide bonds. The second-order valence-corrected chi connectivity index (χ2v) is 9.14. The SMILES string of the molecule is COc1ccc(CN(C(=O)Cc2ccccc2)C(C(=O)Nc2ccc(OC)cc2)c2ccc(Cl)cc2)cc1. The van der Waals surface area contributed by atoms with Crippen molar-refractivity contribution in [2.24, 2.45) is 0 Å². The fourth-order valence-electron chi connectivity index (χ4n) is 4.13. The van der Waals surface area contributed by atoms with Crippen molar-refractivity contribution in [3.63, 3.8) is 0 Å². The summed E-state index contributed by atoms with van der Waals surface area (Å²) >= 11 is 6.16. The number of carbonyl (C=O) groups excluding carboxylic acids is 2. The Morgan fingerprint density at radius 1 is 0.763 bits per heavy atom. The Labute approximate surface area is 227 Å². The molecule has 38 heavy (non-hydrogen) atoms. The van der Waals surface area contributed by atoms with E-state index < -0.39 is 6.04 Å². The summed E-state index contributed by atoms with van der Waals surface area (Å²) in [6.07, 6.45) is 0.150. The second-order valence-electron chi connectivity index (χ2n) is 8.70. The molecule has 0 radical (unpaired) electrons. The van der Waals surface area contributed by atoms with Crippen LogP contribution in [0.25, 0.3) is 0 Å². The smallest absolute Gasteiger partial charge is 0.251 e. The van der Waals surface area contributed by atoms with Crippen LogP contribution in [0.2, 0.25) is 5.02 Å². The molecule has 1 unspecified atom stereocenters. The Morgan fingerprint density at radius 3 is 1.92 bits per heavy atom. The summed E-state index contributed by atoms with van der Waals surface area (Å²) in [5, 5.41) is 3.51. The number of anilines is 1. The van der Waals surface area contributed by atoms with Gasteiger partial charge in [0.2, 0.25) is 5.91 Å². The van der Waals surface area contributed by atoms with Gasteiger partial charge in [-0.3, -0.25) is 9.59 Å². The highest BCUT2D eigenvalue weighted by Crippen LogP contribution is 2.28. The van der Waals surface area contributed by atoms with E-state index >= 15 is 0 Å². The van der Waals surface area contributed by atoms with Crippen molar-refractivity contribution in [3.05, 3.63) is 125 Å². The number of nitrogens with zero attached hydrogens (tertiary/aromatic N) is 1. The minimum absolute atomic E-state index is 0.150. The Morgan fingerprint density at radius 2 is 1.34 bits per heavy atom. The molecule has 4 aromatic carbocycles. The monoisotopic (exact) mass is 528 g/mol. The molecule has 0 aliphatic rings. The Kier molecular flexibility index (Phi) is 9.01. The predicted octanol–water partition coefficient (Wildman–Crippen LogP) is 6.31. The summed E-state index contributed by atoms with van der Waals surface area (Å²) in [4.78, 5) is 29.3. The molecule has 0 aliphatic carbocycles. The fourth-order valence-corrected chi connectivity index (χ4v) is 4.25. The van der Waals surface area contributed by atoms with Crippen LogP contribution in [0.5, 0.6) is 11.5 Å². The summed E-state index contributed by atoms with van der Waals surface area (Å²) in [5.74, 6) is 0.864. The first-order chi connectivity index (χ1) is 18.5. The van der Waals surface area contributed by atoms with Gasteiger partial charge in [-0.05, 0) is 65.2 Å². The lowest BCUT2D eigenvalue weighted by Gasteiger charge is -2.32. The highest BCUT2D eigenvalue weighted by molar-refractivity contribution is 6.30. The zero-order valence-electron chi connectivity index (χ0n) is 21.3. The van der Waals surface area contributed by atoms with Crippen LogP contribution in [0, 0.1) is 0 Å². The molecule has 0 saturated heterocycles. The van der Waals surface area contributed by atoms with Gasteiger partial charge in [-0.15, -0.1) is 0 Å². The van der Waals surface area contributed by atoms with Gasteiger partial charge in [-0.1, -0.05) is 66.2 Å². The molecule has 0 bridgehead atoms. The normalized spacial score (nSPS) is 11.3.